The molecule has 108 valence electrons. The van der Waals surface area contributed by atoms with Crippen molar-refractivity contribution in [3.05, 3.63) is 35.6 Å². The molecule has 0 radical (unpaired) electrons. The zero-order valence-electron chi connectivity index (χ0n) is 11.4. The molecule has 1 amide bonds. The van der Waals surface area contributed by atoms with Gasteiger partial charge in [0.2, 0.25) is 5.91 Å². The fourth-order valence-corrected chi connectivity index (χ4v) is 3.24. The van der Waals surface area contributed by atoms with Gasteiger partial charge in [0.15, 0.2) is 0 Å². The maximum Gasteiger partial charge on any atom is 0.230 e. The standard InChI is InChI=1S/C16H20FNO2/c17-13-6-2-1-5-12(13)16(8-9-16)15(20)18-10-11-4-3-7-14(11)19/h1-2,5-6,11,14,19H,3-4,7-10H2,(H,18,20). The maximum absolute atomic E-state index is 13.9. The second-order valence-corrected chi connectivity index (χ2v) is 6.03. The van der Waals surface area contributed by atoms with Crippen LogP contribution in [0.2, 0.25) is 0 Å². The van der Waals surface area contributed by atoms with E-state index >= 15 is 0 Å². The number of carbonyl (C=O) groups is 1. The number of benzene rings is 1. The average molecular weight is 277 g/mol. The van der Waals surface area contributed by atoms with Crippen LogP contribution in [0.25, 0.3) is 0 Å². The molecule has 1 aromatic carbocycles. The molecule has 0 aromatic heterocycles. The lowest BCUT2D eigenvalue weighted by atomic mass is 9.94. The number of aliphatic hydroxyl groups excluding tert-OH is 1. The van der Waals surface area contributed by atoms with E-state index in [-0.39, 0.29) is 23.7 Å². The SMILES string of the molecule is O=C(NCC1CCCC1O)C1(c2ccccc2F)CC1. The summed E-state index contributed by atoms with van der Waals surface area (Å²) in [6.45, 7) is 0.496. The molecule has 2 N–H and O–H groups in total. The molecule has 2 atom stereocenters. The molecule has 1 aromatic rings. The third kappa shape index (κ3) is 2.33. The minimum atomic E-state index is -0.672. The predicted molar refractivity (Wildman–Crippen MR) is 73.7 cm³/mol. The molecule has 0 bridgehead atoms. The van der Waals surface area contributed by atoms with E-state index in [0.29, 0.717) is 24.9 Å². The van der Waals surface area contributed by atoms with Gasteiger partial charge < -0.3 is 10.4 Å². The molecule has 0 saturated heterocycles. The lowest BCUT2D eigenvalue weighted by Crippen LogP contribution is -2.39. The first-order valence-electron chi connectivity index (χ1n) is 7.35. The Hall–Kier alpha value is -1.42. The van der Waals surface area contributed by atoms with E-state index in [0.717, 1.165) is 19.3 Å². The van der Waals surface area contributed by atoms with Crippen molar-refractivity contribution in [3.8, 4) is 0 Å². The van der Waals surface area contributed by atoms with Crippen LogP contribution in [0, 0.1) is 11.7 Å². The number of amides is 1. The summed E-state index contributed by atoms with van der Waals surface area (Å²) in [5.41, 5.74) is -0.168. The first kappa shape index (κ1) is 13.6. The number of carbonyl (C=O) groups excluding carboxylic acids is 1. The van der Waals surface area contributed by atoms with Crippen molar-refractivity contribution in [2.75, 3.05) is 6.54 Å². The van der Waals surface area contributed by atoms with Gasteiger partial charge in [-0.3, -0.25) is 4.79 Å². The molecule has 2 unspecified atom stereocenters. The second-order valence-electron chi connectivity index (χ2n) is 6.03. The largest absolute Gasteiger partial charge is 0.393 e. The van der Waals surface area contributed by atoms with Crippen LogP contribution < -0.4 is 5.32 Å². The summed E-state index contributed by atoms with van der Waals surface area (Å²) in [5, 5.41) is 12.7. The van der Waals surface area contributed by atoms with Crippen molar-refractivity contribution in [1.82, 2.24) is 5.32 Å². The van der Waals surface area contributed by atoms with Crippen LogP contribution in [0.15, 0.2) is 24.3 Å². The average Bonchev–Trinajstić information content (AvgIpc) is 3.15. The Morgan fingerprint density at radius 1 is 1.35 bits per heavy atom. The van der Waals surface area contributed by atoms with E-state index in [1.54, 1.807) is 18.2 Å². The van der Waals surface area contributed by atoms with Crippen LogP contribution in [0.5, 0.6) is 0 Å². The first-order chi connectivity index (χ1) is 9.63. The van der Waals surface area contributed by atoms with Crippen molar-refractivity contribution in [3.63, 3.8) is 0 Å². The molecule has 2 fully saturated rings. The summed E-state index contributed by atoms with van der Waals surface area (Å²) >= 11 is 0. The third-order valence-electron chi connectivity index (χ3n) is 4.72. The van der Waals surface area contributed by atoms with Crippen molar-refractivity contribution < 1.29 is 14.3 Å². The number of nitrogens with one attached hydrogen (secondary N) is 1. The highest BCUT2D eigenvalue weighted by Gasteiger charge is 2.52. The number of hydrogen-bond acceptors (Lipinski definition) is 2. The Bertz CT molecular complexity index is 513. The number of halogens is 1. The van der Waals surface area contributed by atoms with Gasteiger partial charge >= 0.3 is 0 Å². The highest BCUT2D eigenvalue weighted by molar-refractivity contribution is 5.91. The van der Waals surface area contributed by atoms with Crippen LogP contribution in [0.3, 0.4) is 0 Å². The van der Waals surface area contributed by atoms with Crippen LogP contribution in [0.4, 0.5) is 4.39 Å². The summed E-state index contributed by atoms with van der Waals surface area (Å²) in [4.78, 5) is 12.4. The topological polar surface area (TPSA) is 49.3 Å². The van der Waals surface area contributed by atoms with Crippen molar-refractivity contribution in [2.45, 2.75) is 43.6 Å². The lowest BCUT2D eigenvalue weighted by molar-refractivity contribution is -0.124. The molecule has 2 aliphatic carbocycles. The van der Waals surface area contributed by atoms with E-state index < -0.39 is 5.41 Å². The lowest BCUT2D eigenvalue weighted by Gasteiger charge is -2.20. The summed E-state index contributed by atoms with van der Waals surface area (Å²) in [5.74, 6) is -0.252. The molecule has 2 aliphatic rings. The predicted octanol–water partition coefficient (Wildman–Crippen LogP) is 2.13. The van der Waals surface area contributed by atoms with Gasteiger partial charge in [0, 0.05) is 18.0 Å². The number of hydrogen-bond donors (Lipinski definition) is 2. The highest BCUT2D eigenvalue weighted by Crippen LogP contribution is 2.49. The van der Waals surface area contributed by atoms with Gasteiger partial charge in [-0.05, 0) is 31.7 Å². The van der Waals surface area contributed by atoms with E-state index in [2.05, 4.69) is 5.32 Å². The van der Waals surface area contributed by atoms with Gasteiger partial charge in [-0.1, -0.05) is 24.6 Å². The molecule has 2 saturated carbocycles. The number of aliphatic hydroxyl groups is 1. The van der Waals surface area contributed by atoms with Gasteiger partial charge in [-0.25, -0.2) is 4.39 Å². The van der Waals surface area contributed by atoms with E-state index in [9.17, 15) is 14.3 Å². The van der Waals surface area contributed by atoms with Crippen molar-refractivity contribution in [1.29, 1.82) is 0 Å². The molecule has 0 spiro atoms. The summed E-state index contributed by atoms with van der Waals surface area (Å²) < 4.78 is 13.9. The Morgan fingerprint density at radius 3 is 2.70 bits per heavy atom. The van der Waals surface area contributed by atoms with Gasteiger partial charge in [-0.15, -0.1) is 0 Å². The molecular weight excluding hydrogens is 257 g/mol. The normalized spacial score (nSPS) is 27.3. The molecule has 3 rings (SSSR count). The van der Waals surface area contributed by atoms with Gasteiger partial charge in [0.25, 0.3) is 0 Å². The molecule has 0 heterocycles. The Balaban J connectivity index is 1.66. The van der Waals surface area contributed by atoms with E-state index in [1.807, 2.05) is 0 Å². The fraction of sp³-hybridized carbons (Fsp3) is 0.562. The number of rotatable bonds is 4. The van der Waals surface area contributed by atoms with Crippen LogP contribution in [-0.4, -0.2) is 23.7 Å². The zero-order valence-corrected chi connectivity index (χ0v) is 11.4. The Kier molecular flexibility index (Phi) is 3.50. The highest BCUT2D eigenvalue weighted by atomic mass is 19.1. The quantitative estimate of drug-likeness (QED) is 0.886. The monoisotopic (exact) mass is 277 g/mol. The maximum atomic E-state index is 13.9. The van der Waals surface area contributed by atoms with Crippen LogP contribution in [0.1, 0.15) is 37.7 Å². The minimum Gasteiger partial charge on any atom is -0.393 e. The molecule has 3 nitrogen and oxygen atoms in total. The minimum absolute atomic E-state index is 0.0956. The molecular formula is C16H20FNO2. The van der Waals surface area contributed by atoms with Crippen LogP contribution in [-0.2, 0) is 10.2 Å². The Labute approximate surface area is 118 Å². The first-order valence-corrected chi connectivity index (χ1v) is 7.35. The van der Waals surface area contributed by atoms with Gasteiger partial charge in [0.1, 0.15) is 5.82 Å². The molecule has 4 heteroatoms. The Morgan fingerprint density at radius 2 is 2.10 bits per heavy atom. The summed E-state index contributed by atoms with van der Waals surface area (Å²) in [7, 11) is 0. The smallest absolute Gasteiger partial charge is 0.230 e. The molecule has 20 heavy (non-hydrogen) atoms. The third-order valence-corrected chi connectivity index (χ3v) is 4.72. The molecule has 0 aliphatic heterocycles. The van der Waals surface area contributed by atoms with Gasteiger partial charge in [-0.2, -0.15) is 0 Å². The van der Waals surface area contributed by atoms with E-state index in [4.69, 9.17) is 0 Å². The van der Waals surface area contributed by atoms with Gasteiger partial charge in [0.05, 0.1) is 11.5 Å². The van der Waals surface area contributed by atoms with Crippen molar-refractivity contribution >= 4 is 5.91 Å². The zero-order chi connectivity index (χ0) is 14.2. The van der Waals surface area contributed by atoms with Crippen molar-refractivity contribution in [2.24, 2.45) is 5.92 Å². The summed E-state index contributed by atoms with van der Waals surface area (Å²) in [6, 6.07) is 6.52. The van der Waals surface area contributed by atoms with E-state index in [1.165, 1.54) is 6.07 Å². The fourth-order valence-electron chi connectivity index (χ4n) is 3.24. The second kappa shape index (κ2) is 5.17. The summed E-state index contributed by atoms with van der Waals surface area (Å²) in [6.07, 6.45) is 3.88. The van der Waals surface area contributed by atoms with Crippen LogP contribution >= 0.6 is 0 Å².